The molecule has 0 bridgehead atoms. The van der Waals surface area contributed by atoms with Gasteiger partial charge in [0.25, 0.3) is 0 Å². The maximum Gasteiger partial charge on any atom is 0.227 e. The maximum atomic E-state index is 10.5. The third-order valence-corrected chi connectivity index (χ3v) is 0.756. The summed E-state index contributed by atoms with van der Waals surface area (Å²) in [5, 5.41) is 10.6. The fourth-order valence-electron chi connectivity index (χ4n) is 0.360. The molecule has 0 aliphatic heterocycles. The SMILES string of the molecule is CC(=S)NC(=O)CCO. The van der Waals surface area contributed by atoms with Crippen LogP contribution >= 0.6 is 12.2 Å². The molecule has 1 amide bonds. The Kier molecular flexibility index (Phi) is 4.17. The van der Waals surface area contributed by atoms with E-state index < -0.39 is 0 Å². The fourth-order valence-corrected chi connectivity index (χ4v) is 0.474. The van der Waals surface area contributed by atoms with E-state index in [0.717, 1.165) is 0 Å². The highest BCUT2D eigenvalue weighted by Gasteiger charge is 1.97. The van der Waals surface area contributed by atoms with Crippen LogP contribution in [0.2, 0.25) is 0 Å². The highest BCUT2D eigenvalue weighted by atomic mass is 32.1. The summed E-state index contributed by atoms with van der Waals surface area (Å²) in [6.07, 6.45) is 0.119. The second-order valence-electron chi connectivity index (χ2n) is 1.58. The summed E-state index contributed by atoms with van der Waals surface area (Å²) < 4.78 is 0. The molecule has 0 radical (unpaired) electrons. The fraction of sp³-hybridized carbons (Fsp3) is 0.600. The summed E-state index contributed by atoms with van der Waals surface area (Å²) in [6, 6.07) is 0. The number of amides is 1. The van der Waals surface area contributed by atoms with E-state index in [1.165, 1.54) is 0 Å². The van der Waals surface area contributed by atoms with Gasteiger partial charge in [-0.1, -0.05) is 12.2 Å². The molecule has 0 unspecified atom stereocenters. The number of aliphatic hydroxyl groups excluding tert-OH is 1. The van der Waals surface area contributed by atoms with Crippen LogP contribution in [0.25, 0.3) is 0 Å². The first-order valence-electron chi connectivity index (χ1n) is 2.58. The summed E-state index contributed by atoms with van der Waals surface area (Å²) in [4.78, 5) is 10.9. The van der Waals surface area contributed by atoms with Crippen LogP contribution in [0.1, 0.15) is 13.3 Å². The summed E-state index contributed by atoms with van der Waals surface area (Å²) in [5.74, 6) is -0.231. The van der Waals surface area contributed by atoms with Crippen LogP contribution in [0.4, 0.5) is 0 Å². The van der Waals surface area contributed by atoms with Gasteiger partial charge < -0.3 is 10.4 Å². The van der Waals surface area contributed by atoms with Crippen molar-refractivity contribution in [3.63, 3.8) is 0 Å². The van der Waals surface area contributed by atoms with Gasteiger partial charge in [0, 0.05) is 0 Å². The van der Waals surface area contributed by atoms with Crippen LogP contribution in [0.15, 0.2) is 0 Å². The molecule has 52 valence electrons. The topological polar surface area (TPSA) is 49.3 Å². The molecule has 0 saturated carbocycles. The Morgan fingerprint density at radius 1 is 1.78 bits per heavy atom. The second-order valence-corrected chi connectivity index (χ2v) is 2.19. The lowest BCUT2D eigenvalue weighted by atomic mass is 10.4. The maximum absolute atomic E-state index is 10.5. The molecule has 0 aromatic heterocycles. The first-order valence-corrected chi connectivity index (χ1v) is 2.99. The van der Waals surface area contributed by atoms with Crippen LogP contribution in [-0.2, 0) is 4.79 Å². The molecule has 0 heterocycles. The second kappa shape index (κ2) is 4.40. The first kappa shape index (κ1) is 8.52. The van der Waals surface area contributed by atoms with Crippen molar-refractivity contribution in [3.05, 3.63) is 0 Å². The minimum atomic E-state index is -0.231. The molecule has 0 spiro atoms. The molecule has 0 aliphatic carbocycles. The largest absolute Gasteiger partial charge is 0.396 e. The van der Waals surface area contributed by atoms with E-state index in [1.807, 2.05) is 0 Å². The Balaban J connectivity index is 3.39. The van der Waals surface area contributed by atoms with E-state index >= 15 is 0 Å². The average Bonchev–Trinajstić information content (AvgIpc) is 1.63. The number of hydrogen-bond donors (Lipinski definition) is 2. The lowest BCUT2D eigenvalue weighted by Gasteiger charge is -1.97. The molecule has 0 rings (SSSR count). The third-order valence-electron chi connectivity index (χ3n) is 0.654. The van der Waals surface area contributed by atoms with Crippen LogP contribution in [0, 0.1) is 0 Å². The molecule has 0 atom stereocenters. The molecular weight excluding hydrogens is 138 g/mol. The molecular formula is C5H9NO2S. The van der Waals surface area contributed by atoms with Crippen molar-refractivity contribution in [2.24, 2.45) is 0 Å². The number of thiocarbonyl (C=S) groups is 1. The van der Waals surface area contributed by atoms with Gasteiger partial charge >= 0.3 is 0 Å². The predicted octanol–water partition coefficient (Wildman–Crippen LogP) is -0.168. The van der Waals surface area contributed by atoms with Crippen molar-refractivity contribution < 1.29 is 9.90 Å². The van der Waals surface area contributed by atoms with E-state index in [0.29, 0.717) is 4.99 Å². The number of rotatable bonds is 2. The normalized spacial score (nSPS) is 8.67. The molecule has 0 aromatic rings. The van der Waals surface area contributed by atoms with Gasteiger partial charge in [0.05, 0.1) is 18.0 Å². The van der Waals surface area contributed by atoms with Crippen LogP contribution in [-0.4, -0.2) is 22.6 Å². The monoisotopic (exact) mass is 147 g/mol. The molecule has 0 aromatic carbocycles. The van der Waals surface area contributed by atoms with Crippen molar-refractivity contribution >= 4 is 23.1 Å². The Morgan fingerprint density at radius 2 is 2.33 bits per heavy atom. The number of nitrogens with one attached hydrogen (secondary N) is 1. The molecule has 3 nitrogen and oxygen atoms in total. The lowest BCUT2D eigenvalue weighted by Crippen LogP contribution is -2.27. The van der Waals surface area contributed by atoms with Gasteiger partial charge in [0.1, 0.15) is 0 Å². The van der Waals surface area contributed by atoms with Crippen molar-refractivity contribution in [2.45, 2.75) is 13.3 Å². The molecule has 4 heteroatoms. The lowest BCUT2D eigenvalue weighted by molar-refractivity contribution is -0.120. The van der Waals surface area contributed by atoms with Crippen molar-refractivity contribution in [1.82, 2.24) is 5.32 Å². The van der Waals surface area contributed by atoms with E-state index in [9.17, 15) is 4.79 Å². The van der Waals surface area contributed by atoms with Gasteiger partial charge in [-0.25, -0.2) is 0 Å². The third kappa shape index (κ3) is 5.39. The van der Waals surface area contributed by atoms with Gasteiger partial charge in [-0.05, 0) is 6.92 Å². The van der Waals surface area contributed by atoms with Gasteiger partial charge in [-0.15, -0.1) is 0 Å². The Labute approximate surface area is 59.1 Å². The van der Waals surface area contributed by atoms with Crippen LogP contribution in [0.3, 0.4) is 0 Å². The molecule has 0 saturated heterocycles. The van der Waals surface area contributed by atoms with Gasteiger partial charge in [-0.2, -0.15) is 0 Å². The molecule has 0 aliphatic rings. The summed E-state index contributed by atoms with van der Waals surface area (Å²) in [5.41, 5.74) is 0. The Morgan fingerprint density at radius 3 is 2.67 bits per heavy atom. The zero-order chi connectivity index (χ0) is 7.28. The van der Waals surface area contributed by atoms with E-state index in [4.69, 9.17) is 5.11 Å². The molecule has 9 heavy (non-hydrogen) atoms. The standard InChI is InChI=1S/C5H9NO2S/c1-4(9)6-5(8)2-3-7/h7H,2-3H2,1H3,(H,6,8,9). The molecule has 0 fully saturated rings. The molecule has 2 N–H and O–H groups in total. The highest BCUT2D eigenvalue weighted by molar-refractivity contribution is 7.80. The summed E-state index contributed by atoms with van der Waals surface area (Å²) in [6.45, 7) is 1.49. The number of carbonyl (C=O) groups excluding carboxylic acids is 1. The van der Waals surface area contributed by atoms with Crippen LogP contribution in [0.5, 0.6) is 0 Å². The van der Waals surface area contributed by atoms with E-state index in [2.05, 4.69) is 17.5 Å². The minimum Gasteiger partial charge on any atom is -0.396 e. The number of hydrogen-bond acceptors (Lipinski definition) is 3. The highest BCUT2D eigenvalue weighted by Crippen LogP contribution is 1.76. The minimum absolute atomic E-state index is 0.119. The average molecular weight is 147 g/mol. The zero-order valence-corrected chi connectivity index (χ0v) is 5.99. The zero-order valence-electron chi connectivity index (χ0n) is 5.18. The van der Waals surface area contributed by atoms with E-state index in [-0.39, 0.29) is 18.9 Å². The first-order chi connectivity index (χ1) is 4.16. The number of aliphatic hydroxyl groups is 1. The van der Waals surface area contributed by atoms with Gasteiger partial charge in [0.2, 0.25) is 5.91 Å². The summed E-state index contributed by atoms with van der Waals surface area (Å²) >= 11 is 4.57. The smallest absolute Gasteiger partial charge is 0.227 e. The summed E-state index contributed by atoms with van der Waals surface area (Å²) in [7, 11) is 0. The van der Waals surface area contributed by atoms with Gasteiger partial charge in [-0.3, -0.25) is 4.79 Å². The number of carbonyl (C=O) groups is 1. The predicted molar refractivity (Wildman–Crippen MR) is 38.1 cm³/mol. The van der Waals surface area contributed by atoms with Crippen molar-refractivity contribution in [2.75, 3.05) is 6.61 Å². The van der Waals surface area contributed by atoms with Crippen LogP contribution < -0.4 is 5.32 Å². The van der Waals surface area contributed by atoms with E-state index in [1.54, 1.807) is 6.92 Å². The van der Waals surface area contributed by atoms with Gasteiger partial charge in [0.15, 0.2) is 0 Å². The Bertz CT molecular complexity index is 124. The van der Waals surface area contributed by atoms with Crippen molar-refractivity contribution in [3.8, 4) is 0 Å². The van der Waals surface area contributed by atoms with Crippen molar-refractivity contribution in [1.29, 1.82) is 0 Å². The quantitative estimate of drug-likeness (QED) is 0.533. The Hall–Kier alpha value is -0.480.